The van der Waals surface area contributed by atoms with Crippen molar-refractivity contribution < 1.29 is 18.0 Å². The number of carbonyl (C=O) groups is 1. The maximum atomic E-state index is 12.7. The molecule has 0 spiro atoms. The maximum Gasteiger partial charge on any atom is 0.417 e. The van der Waals surface area contributed by atoms with Crippen LogP contribution in [-0.4, -0.2) is 26.2 Å². The van der Waals surface area contributed by atoms with E-state index >= 15 is 0 Å². The number of rotatable bonds is 5. The predicted molar refractivity (Wildman–Crippen MR) is 115 cm³/mol. The lowest BCUT2D eigenvalue weighted by Gasteiger charge is -2.11. The van der Waals surface area contributed by atoms with Crippen LogP contribution in [-0.2, 0) is 11.0 Å². The molecule has 1 amide bonds. The van der Waals surface area contributed by atoms with Crippen LogP contribution in [0.15, 0.2) is 72.0 Å². The van der Waals surface area contributed by atoms with Gasteiger partial charge in [0.25, 0.3) is 0 Å². The number of imidazole rings is 1. The third-order valence-corrected chi connectivity index (χ3v) is 5.53. The molecule has 1 N–H and O–H groups in total. The average molecular weight is 463 g/mol. The topological polar surface area (TPSA) is 59.8 Å². The van der Waals surface area contributed by atoms with Crippen molar-refractivity contribution in [3.8, 4) is 5.69 Å². The molecular weight excluding hydrogens is 449 g/mol. The number of para-hydroxylation sites is 3. The van der Waals surface area contributed by atoms with E-state index in [2.05, 4.69) is 15.3 Å². The number of thioether (sulfide) groups is 1. The molecule has 31 heavy (non-hydrogen) atoms. The minimum Gasteiger partial charge on any atom is -0.309 e. The van der Waals surface area contributed by atoms with Gasteiger partial charge in [-0.25, -0.2) is 9.97 Å². The first-order valence-electron chi connectivity index (χ1n) is 9.01. The summed E-state index contributed by atoms with van der Waals surface area (Å²) in [6.45, 7) is 0. The number of nitrogens with zero attached hydrogens (tertiary/aromatic N) is 3. The van der Waals surface area contributed by atoms with Crippen molar-refractivity contribution in [2.45, 2.75) is 11.3 Å². The number of nitrogens with one attached hydrogen (secondary N) is 1. The molecule has 0 radical (unpaired) electrons. The van der Waals surface area contributed by atoms with E-state index in [1.54, 1.807) is 0 Å². The summed E-state index contributed by atoms with van der Waals surface area (Å²) in [6.07, 6.45) is -3.94. The quantitative estimate of drug-likeness (QED) is 0.379. The molecule has 0 unspecified atom stereocenters. The van der Waals surface area contributed by atoms with Crippen LogP contribution in [0.3, 0.4) is 0 Å². The summed E-state index contributed by atoms with van der Waals surface area (Å²) in [7, 11) is 0. The van der Waals surface area contributed by atoms with Crippen LogP contribution in [0.5, 0.6) is 0 Å². The second-order valence-corrected chi connectivity index (χ2v) is 7.79. The Kier molecular flexibility index (Phi) is 5.88. The highest BCUT2D eigenvalue weighted by molar-refractivity contribution is 7.99. The maximum absolute atomic E-state index is 12.7. The molecule has 2 aromatic carbocycles. The molecule has 0 saturated heterocycles. The first-order chi connectivity index (χ1) is 14.8. The number of fused-ring (bicyclic) bond motifs is 1. The standard InChI is InChI=1S/C21H14ClF3N4OS/c22-15-10-13(21(23,24)25)11-26-19(15)28-18(30)12-31-20-27-16-8-4-5-9-17(16)29(20)14-6-2-1-3-7-14/h1-11H,12H2,(H,26,28,30). The number of pyridine rings is 1. The van der Waals surface area contributed by atoms with E-state index in [1.165, 1.54) is 11.8 Å². The molecule has 158 valence electrons. The summed E-state index contributed by atoms with van der Waals surface area (Å²) in [5.74, 6) is -0.627. The van der Waals surface area contributed by atoms with Gasteiger partial charge in [0.05, 0.1) is 27.4 Å². The Bertz CT molecular complexity index is 1240. The van der Waals surface area contributed by atoms with Crippen LogP contribution in [0.2, 0.25) is 5.02 Å². The van der Waals surface area contributed by atoms with E-state index in [9.17, 15) is 18.0 Å². The van der Waals surface area contributed by atoms with Gasteiger partial charge in [-0.2, -0.15) is 13.2 Å². The molecule has 5 nitrogen and oxygen atoms in total. The van der Waals surface area contributed by atoms with Crippen molar-refractivity contribution in [1.82, 2.24) is 14.5 Å². The molecule has 0 aliphatic heterocycles. The SMILES string of the molecule is O=C(CSc1nc2ccccc2n1-c1ccccc1)Nc1ncc(C(F)(F)F)cc1Cl. The zero-order valence-electron chi connectivity index (χ0n) is 15.7. The molecule has 0 fully saturated rings. The van der Waals surface area contributed by atoms with E-state index in [4.69, 9.17) is 11.6 Å². The van der Waals surface area contributed by atoms with Crippen molar-refractivity contribution in [3.63, 3.8) is 0 Å². The number of anilines is 1. The minimum absolute atomic E-state index is 0.0326. The average Bonchev–Trinajstić information content (AvgIpc) is 3.12. The van der Waals surface area contributed by atoms with E-state index in [0.29, 0.717) is 11.4 Å². The van der Waals surface area contributed by atoms with Gasteiger partial charge in [-0.15, -0.1) is 0 Å². The van der Waals surface area contributed by atoms with Crippen LogP contribution in [0.4, 0.5) is 19.0 Å². The lowest BCUT2D eigenvalue weighted by atomic mass is 10.3. The van der Waals surface area contributed by atoms with Gasteiger partial charge < -0.3 is 5.32 Å². The van der Waals surface area contributed by atoms with Gasteiger partial charge >= 0.3 is 6.18 Å². The van der Waals surface area contributed by atoms with E-state index < -0.39 is 17.6 Å². The smallest absolute Gasteiger partial charge is 0.309 e. The third kappa shape index (κ3) is 4.67. The fourth-order valence-electron chi connectivity index (χ4n) is 2.91. The van der Waals surface area contributed by atoms with Gasteiger partial charge in [0.1, 0.15) is 0 Å². The summed E-state index contributed by atoms with van der Waals surface area (Å²) in [5.41, 5.74) is 1.58. The van der Waals surface area contributed by atoms with Crippen LogP contribution in [0.25, 0.3) is 16.7 Å². The third-order valence-electron chi connectivity index (χ3n) is 4.30. The Labute approximate surface area is 184 Å². The number of halogens is 4. The number of hydrogen-bond acceptors (Lipinski definition) is 4. The predicted octanol–water partition coefficient (Wildman–Crippen LogP) is 5.82. The van der Waals surface area contributed by atoms with Crippen molar-refractivity contribution in [2.24, 2.45) is 0 Å². The summed E-state index contributed by atoms with van der Waals surface area (Å²) in [4.78, 5) is 20.6. The number of amides is 1. The Hall–Kier alpha value is -3.04. The highest BCUT2D eigenvalue weighted by Crippen LogP contribution is 2.33. The fourth-order valence-corrected chi connectivity index (χ4v) is 3.95. The molecule has 0 bridgehead atoms. The van der Waals surface area contributed by atoms with E-state index in [0.717, 1.165) is 22.8 Å². The summed E-state index contributed by atoms with van der Waals surface area (Å²) in [6, 6.07) is 17.9. The van der Waals surface area contributed by atoms with Gasteiger partial charge in [-0.1, -0.05) is 53.7 Å². The highest BCUT2D eigenvalue weighted by atomic mass is 35.5. The van der Waals surface area contributed by atoms with Crippen LogP contribution >= 0.6 is 23.4 Å². The highest BCUT2D eigenvalue weighted by Gasteiger charge is 2.31. The van der Waals surface area contributed by atoms with Gasteiger partial charge in [0.15, 0.2) is 11.0 Å². The second kappa shape index (κ2) is 8.60. The lowest BCUT2D eigenvalue weighted by Crippen LogP contribution is -2.16. The molecule has 2 heterocycles. The summed E-state index contributed by atoms with van der Waals surface area (Å²) < 4.78 is 40.2. The molecule has 0 atom stereocenters. The van der Waals surface area contributed by atoms with Crippen molar-refractivity contribution >= 4 is 46.1 Å². The first-order valence-corrected chi connectivity index (χ1v) is 10.4. The minimum atomic E-state index is -4.56. The van der Waals surface area contributed by atoms with Crippen molar-refractivity contribution in [1.29, 1.82) is 0 Å². The van der Waals surface area contributed by atoms with E-state index in [-0.39, 0.29) is 16.6 Å². The number of aromatic nitrogens is 3. The molecule has 0 aliphatic carbocycles. The van der Waals surface area contributed by atoms with Gasteiger partial charge in [-0.05, 0) is 30.3 Å². The molecule has 2 aromatic heterocycles. The second-order valence-electron chi connectivity index (χ2n) is 6.44. The van der Waals surface area contributed by atoms with Gasteiger partial charge in [0, 0.05) is 11.9 Å². The van der Waals surface area contributed by atoms with Crippen molar-refractivity contribution in [3.05, 3.63) is 77.4 Å². The van der Waals surface area contributed by atoms with Crippen molar-refractivity contribution in [2.75, 3.05) is 11.1 Å². The van der Waals surface area contributed by atoms with Crippen LogP contribution in [0, 0.1) is 0 Å². The molecule has 4 rings (SSSR count). The summed E-state index contributed by atoms with van der Waals surface area (Å²) >= 11 is 7.05. The lowest BCUT2D eigenvalue weighted by molar-refractivity contribution is -0.137. The first kappa shape index (κ1) is 21.2. The number of alkyl halides is 3. The zero-order valence-corrected chi connectivity index (χ0v) is 17.3. The van der Waals surface area contributed by atoms with Crippen LogP contribution < -0.4 is 5.32 Å². The Morgan fingerprint density at radius 1 is 1.10 bits per heavy atom. The molecular formula is C21H14ClF3N4OS. The van der Waals surface area contributed by atoms with Gasteiger partial charge in [0.2, 0.25) is 5.91 Å². The van der Waals surface area contributed by atoms with E-state index in [1.807, 2.05) is 59.2 Å². The monoisotopic (exact) mass is 462 g/mol. The van der Waals surface area contributed by atoms with Gasteiger partial charge in [-0.3, -0.25) is 9.36 Å². The molecule has 0 aliphatic rings. The number of hydrogen-bond donors (Lipinski definition) is 1. The number of carbonyl (C=O) groups excluding carboxylic acids is 1. The Morgan fingerprint density at radius 2 is 1.81 bits per heavy atom. The van der Waals surface area contributed by atoms with Crippen LogP contribution in [0.1, 0.15) is 5.56 Å². The molecule has 0 saturated carbocycles. The zero-order chi connectivity index (χ0) is 22.0. The molecule has 4 aromatic rings. The normalized spacial score (nSPS) is 11.6. The fraction of sp³-hybridized carbons (Fsp3) is 0.0952. The Balaban J connectivity index is 1.53. The largest absolute Gasteiger partial charge is 0.417 e. The Morgan fingerprint density at radius 3 is 2.52 bits per heavy atom. The number of benzene rings is 2. The molecule has 10 heteroatoms. The summed E-state index contributed by atoms with van der Waals surface area (Å²) in [5, 5.41) is 2.76.